The molecule has 0 aliphatic rings. The van der Waals surface area contributed by atoms with Crippen molar-refractivity contribution in [2.45, 2.75) is 39.5 Å². The molecule has 17 heavy (non-hydrogen) atoms. The van der Waals surface area contributed by atoms with Crippen LogP contribution in [0, 0.1) is 0 Å². The zero-order chi connectivity index (χ0) is 12.4. The van der Waals surface area contributed by atoms with Gasteiger partial charge in [0.25, 0.3) is 5.89 Å². The molecule has 0 saturated heterocycles. The van der Waals surface area contributed by atoms with E-state index < -0.39 is 0 Å². The Hall–Kier alpha value is -1.36. The Bertz CT molecular complexity index is 504. The van der Waals surface area contributed by atoms with Gasteiger partial charge in [0.15, 0.2) is 5.82 Å². The number of nitrogens with two attached hydrogens (primary N) is 1. The minimum Gasteiger partial charge on any atom is -0.390 e. The van der Waals surface area contributed by atoms with E-state index in [9.17, 15) is 0 Å². The van der Waals surface area contributed by atoms with Gasteiger partial charge in [0.2, 0.25) is 0 Å². The Morgan fingerprint density at radius 3 is 2.82 bits per heavy atom. The van der Waals surface area contributed by atoms with Crippen molar-refractivity contribution in [3.63, 3.8) is 0 Å². The second-order valence-corrected chi connectivity index (χ2v) is 5.28. The Labute approximate surface area is 105 Å². The van der Waals surface area contributed by atoms with E-state index in [0.29, 0.717) is 11.8 Å². The maximum Gasteiger partial charge on any atom is 0.260 e. The Balaban J connectivity index is 2.33. The second-order valence-electron chi connectivity index (χ2n) is 4.11. The van der Waals surface area contributed by atoms with Crippen LogP contribution in [-0.2, 0) is 6.42 Å². The molecule has 0 aliphatic heterocycles. The number of nitrogen functional groups attached to an aromatic ring is 1. The lowest BCUT2D eigenvalue weighted by molar-refractivity contribution is 0.417. The van der Waals surface area contributed by atoms with Crippen LogP contribution in [0.15, 0.2) is 10.6 Å². The molecule has 0 radical (unpaired) electrons. The highest BCUT2D eigenvalue weighted by molar-refractivity contribution is 7.16. The molecule has 2 rings (SSSR count). The maximum absolute atomic E-state index is 5.96. The lowest BCUT2D eigenvalue weighted by Crippen LogP contribution is -1.93. The van der Waals surface area contributed by atoms with Crippen LogP contribution in [0.25, 0.3) is 11.5 Å². The topological polar surface area (TPSA) is 64.9 Å². The molecule has 1 atom stereocenters. The van der Waals surface area contributed by atoms with Crippen molar-refractivity contribution in [2.24, 2.45) is 0 Å². The number of hydrogen-bond acceptors (Lipinski definition) is 5. The number of aromatic nitrogens is 2. The van der Waals surface area contributed by atoms with Crippen LogP contribution < -0.4 is 5.73 Å². The molecule has 2 heterocycles. The first kappa shape index (κ1) is 12.1. The Morgan fingerprint density at radius 2 is 2.24 bits per heavy atom. The molecule has 5 heteroatoms. The minimum absolute atomic E-state index is 0.318. The molecule has 0 saturated carbocycles. The van der Waals surface area contributed by atoms with Crippen LogP contribution in [0.1, 0.15) is 43.8 Å². The number of aryl methyl sites for hydroxylation is 1. The largest absolute Gasteiger partial charge is 0.390 e. The van der Waals surface area contributed by atoms with Gasteiger partial charge in [0.05, 0.1) is 10.6 Å². The number of rotatable bonds is 4. The zero-order valence-corrected chi connectivity index (χ0v) is 11.2. The van der Waals surface area contributed by atoms with Gasteiger partial charge in [0, 0.05) is 10.8 Å². The lowest BCUT2D eigenvalue weighted by atomic mass is 10.1. The van der Waals surface area contributed by atoms with Gasteiger partial charge in [-0.05, 0) is 18.9 Å². The molecule has 4 nitrogen and oxygen atoms in total. The molecular weight excluding hydrogens is 234 g/mol. The summed E-state index contributed by atoms with van der Waals surface area (Å²) in [6.07, 6.45) is 1.97. The molecule has 0 fully saturated rings. The molecule has 1 unspecified atom stereocenters. The third-order valence-electron chi connectivity index (χ3n) is 2.89. The molecule has 2 aromatic rings. The van der Waals surface area contributed by atoms with E-state index in [1.54, 1.807) is 11.3 Å². The molecule has 92 valence electrons. The molecule has 2 N–H and O–H groups in total. The predicted octanol–water partition coefficient (Wildman–Crippen LogP) is 3.46. The number of thiophene rings is 1. The maximum atomic E-state index is 5.96. The van der Waals surface area contributed by atoms with Gasteiger partial charge in [-0.25, -0.2) is 0 Å². The highest BCUT2D eigenvalue weighted by Gasteiger charge is 2.17. The molecule has 0 amide bonds. The highest BCUT2D eigenvalue weighted by atomic mass is 32.1. The molecular formula is C12H17N3OS. The molecule has 0 aromatic carbocycles. The van der Waals surface area contributed by atoms with E-state index in [1.807, 2.05) is 6.07 Å². The van der Waals surface area contributed by atoms with Crippen molar-refractivity contribution in [3.05, 3.63) is 16.8 Å². The first-order valence-electron chi connectivity index (χ1n) is 5.87. The summed E-state index contributed by atoms with van der Waals surface area (Å²) < 4.78 is 5.28. The fourth-order valence-electron chi connectivity index (χ4n) is 1.53. The van der Waals surface area contributed by atoms with Crippen LogP contribution >= 0.6 is 11.3 Å². The van der Waals surface area contributed by atoms with E-state index >= 15 is 0 Å². The Kier molecular flexibility index (Phi) is 3.47. The van der Waals surface area contributed by atoms with E-state index in [4.69, 9.17) is 10.3 Å². The standard InChI is InChI=1S/C12H17N3OS/c1-4-7(3)11-14-12(16-15-11)9-6-8(5-2)17-10(9)13/h6-7H,4-5,13H2,1-3H3. The second kappa shape index (κ2) is 4.87. The normalized spacial score (nSPS) is 12.9. The van der Waals surface area contributed by atoms with Crippen molar-refractivity contribution in [3.8, 4) is 11.5 Å². The highest BCUT2D eigenvalue weighted by Crippen LogP contribution is 2.33. The lowest BCUT2D eigenvalue weighted by Gasteiger charge is -1.98. The SMILES string of the molecule is CCc1cc(-c2nc(C(C)CC)no2)c(N)s1. The number of nitrogens with zero attached hydrogens (tertiary/aromatic N) is 2. The molecule has 0 spiro atoms. The summed E-state index contributed by atoms with van der Waals surface area (Å²) >= 11 is 1.58. The van der Waals surface area contributed by atoms with Gasteiger partial charge in [-0.1, -0.05) is 25.9 Å². The Morgan fingerprint density at radius 1 is 1.47 bits per heavy atom. The third kappa shape index (κ3) is 2.34. The van der Waals surface area contributed by atoms with E-state index in [-0.39, 0.29) is 0 Å². The number of anilines is 1. The van der Waals surface area contributed by atoms with Crippen LogP contribution in [0.5, 0.6) is 0 Å². The summed E-state index contributed by atoms with van der Waals surface area (Å²) in [5.74, 6) is 1.61. The average Bonchev–Trinajstić information content (AvgIpc) is 2.94. The molecule has 0 aliphatic carbocycles. The summed E-state index contributed by atoms with van der Waals surface area (Å²) in [4.78, 5) is 5.65. The predicted molar refractivity (Wildman–Crippen MR) is 70.1 cm³/mol. The first-order chi connectivity index (χ1) is 8.15. The van der Waals surface area contributed by atoms with Crippen molar-refractivity contribution in [1.82, 2.24) is 10.1 Å². The van der Waals surface area contributed by atoms with Gasteiger partial charge in [-0.3, -0.25) is 0 Å². The summed E-state index contributed by atoms with van der Waals surface area (Å²) in [5, 5.41) is 4.75. The zero-order valence-electron chi connectivity index (χ0n) is 10.4. The molecule has 0 bridgehead atoms. The van der Waals surface area contributed by atoms with Crippen LogP contribution in [0.4, 0.5) is 5.00 Å². The summed E-state index contributed by atoms with van der Waals surface area (Å²) in [6.45, 7) is 6.30. The van der Waals surface area contributed by atoms with Crippen molar-refractivity contribution < 1.29 is 4.52 Å². The van der Waals surface area contributed by atoms with Gasteiger partial charge >= 0.3 is 0 Å². The number of hydrogen-bond donors (Lipinski definition) is 1. The summed E-state index contributed by atoms with van der Waals surface area (Å²) in [7, 11) is 0. The van der Waals surface area contributed by atoms with E-state index in [2.05, 4.69) is 30.9 Å². The van der Waals surface area contributed by atoms with Gasteiger partial charge in [0.1, 0.15) is 0 Å². The van der Waals surface area contributed by atoms with Gasteiger partial charge < -0.3 is 10.3 Å². The summed E-state index contributed by atoms with van der Waals surface area (Å²) in [6, 6.07) is 2.04. The first-order valence-corrected chi connectivity index (χ1v) is 6.69. The van der Waals surface area contributed by atoms with Gasteiger partial charge in [-0.15, -0.1) is 11.3 Å². The smallest absolute Gasteiger partial charge is 0.260 e. The fraction of sp³-hybridized carbons (Fsp3) is 0.500. The van der Waals surface area contributed by atoms with Gasteiger partial charge in [-0.2, -0.15) is 4.98 Å². The van der Waals surface area contributed by atoms with Crippen LogP contribution in [0.3, 0.4) is 0 Å². The van der Waals surface area contributed by atoms with Crippen molar-refractivity contribution in [2.75, 3.05) is 5.73 Å². The fourth-order valence-corrected chi connectivity index (χ4v) is 2.39. The minimum atomic E-state index is 0.318. The molecule has 2 aromatic heterocycles. The van der Waals surface area contributed by atoms with E-state index in [1.165, 1.54) is 4.88 Å². The quantitative estimate of drug-likeness (QED) is 0.903. The van der Waals surface area contributed by atoms with Crippen LogP contribution in [0.2, 0.25) is 0 Å². The summed E-state index contributed by atoms with van der Waals surface area (Å²) in [5.41, 5.74) is 6.83. The van der Waals surface area contributed by atoms with Crippen LogP contribution in [-0.4, -0.2) is 10.1 Å². The third-order valence-corrected chi connectivity index (χ3v) is 3.99. The van der Waals surface area contributed by atoms with E-state index in [0.717, 1.165) is 29.2 Å². The van der Waals surface area contributed by atoms with Crippen molar-refractivity contribution >= 4 is 16.3 Å². The monoisotopic (exact) mass is 251 g/mol. The van der Waals surface area contributed by atoms with Crippen molar-refractivity contribution in [1.29, 1.82) is 0 Å². The average molecular weight is 251 g/mol.